The van der Waals surface area contributed by atoms with Crippen LogP contribution in [0.1, 0.15) is 24.9 Å². The van der Waals surface area contributed by atoms with E-state index in [0.29, 0.717) is 18.7 Å². The summed E-state index contributed by atoms with van der Waals surface area (Å²) in [6, 6.07) is 6.71. The molecule has 0 amide bonds. The van der Waals surface area contributed by atoms with Crippen molar-refractivity contribution in [3.05, 3.63) is 29.8 Å². The van der Waals surface area contributed by atoms with Gasteiger partial charge >= 0.3 is 6.61 Å². The molecule has 0 aliphatic carbocycles. The fourth-order valence-corrected chi connectivity index (χ4v) is 2.70. The number of nitrogens with two attached hydrogens (primary N) is 1. The fourth-order valence-electron chi connectivity index (χ4n) is 2.70. The minimum atomic E-state index is -2.84. The summed E-state index contributed by atoms with van der Waals surface area (Å²) in [5, 5.41) is 0. The van der Waals surface area contributed by atoms with Crippen LogP contribution in [-0.4, -0.2) is 43.9 Å². The Labute approximate surface area is 123 Å². The van der Waals surface area contributed by atoms with E-state index < -0.39 is 6.61 Å². The number of hydrogen-bond acceptors (Lipinski definition) is 4. The Balaban J connectivity index is 2.20. The summed E-state index contributed by atoms with van der Waals surface area (Å²) in [7, 11) is 0. The number of halogens is 2. The molecule has 4 nitrogen and oxygen atoms in total. The van der Waals surface area contributed by atoms with Gasteiger partial charge < -0.3 is 15.2 Å². The molecule has 1 aromatic carbocycles. The fraction of sp³-hybridized carbons (Fsp3) is 0.600. The van der Waals surface area contributed by atoms with E-state index in [1.807, 2.05) is 6.07 Å². The van der Waals surface area contributed by atoms with E-state index in [2.05, 4.69) is 16.6 Å². The molecular weight excluding hydrogens is 278 g/mol. The first-order valence-corrected chi connectivity index (χ1v) is 7.25. The number of ether oxygens (including phenoxy) is 2. The highest BCUT2D eigenvalue weighted by Crippen LogP contribution is 2.31. The standard InChI is InChI=1S/C15H22F2N2O2/c1-2-11-10-19(7-8-20-11)13(9-18)12-5-3-4-6-14(12)21-15(16)17/h3-6,11,13,15H,2,7-10,18H2,1H3. The van der Waals surface area contributed by atoms with E-state index in [1.165, 1.54) is 0 Å². The Morgan fingerprint density at radius 3 is 2.86 bits per heavy atom. The molecule has 2 rings (SSSR count). The molecule has 118 valence electrons. The SMILES string of the molecule is CCC1CN(C(CN)c2ccccc2OC(F)F)CCO1. The normalized spacial score (nSPS) is 21.5. The molecule has 1 aliphatic rings. The molecule has 1 aliphatic heterocycles. The third-order valence-electron chi connectivity index (χ3n) is 3.78. The van der Waals surface area contributed by atoms with Crippen molar-refractivity contribution in [2.75, 3.05) is 26.2 Å². The second kappa shape index (κ2) is 7.68. The molecule has 0 bridgehead atoms. The van der Waals surface area contributed by atoms with Crippen LogP contribution in [0, 0.1) is 0 Å². The van der Waals surface area contributed by atoms with Gasteiger partial charge in [-0.05, 0) is 12.5 Å². The number of nitrogens with zero attached hydrogens (tertiary/aromatic N) is 1. The average Bonchev–Trinajstić information content (AvgIpc) is 2.49. The number of para-hydroxylation sites is 1. The largest absolute Gasteiger partial charge is 0.434 e. The van der Waals surface area contributed by atoms with Gasteiger partial charge in [-0.3, -0.25) is 4.90 Å². The van der Waals surface area contributed by atoms with Gasteiger partial charge in [-0.15, -0.1) is 0 Å². The molecule has 1 saturated heterocycles. The van der Waals surface area contributed by atoms with Crippen LogP contribution in [0.25, 0.3) is 0 Å². The zero-order valence-electron chi connectivity index (χ0n) is 12.2. The van der Waals surface area contributed by atoms with Crippen LogP contribution in [0.3, 0.4) is 0 Å². The lowest BCUT2D eigenvalue weighted by molar-refractivity contribution is -0.0559. The van der Waals surface area contributed by atoms with Gasteiger partial charge in [0, 0.05) is 25.2 Å². The van der Waals surface area contributed by atoms with Gasteiger partial charge in [0.1, 0.15) is 5.75 Å². The van der Waals surface area contributed by atoms with E-state index in [1.54, 1.807) is 18.2 Å². The number of alkyl halides is 2. The maximum Gasteiger partial charge on any atom is 0.387 e. The first kappa shape index (κ1) is 16.1. The minimum absolute atomic E-state index is 0.141. The third kappa shape index (κ3) is 4.12. The van der Waals surface area contributed by atoms with Crippen LogP contribution < -0.4 is 10.5 Å². The summed E-state index contributed by atoms with van der Waals surface area (Å²) < 4.78 is 35.4. The van der Waals surface area contributed by atoms with Crippen LogP contribution >= 0.6 is 0 Å². The number of morpholine rings is 1. The van der Waals surface area contributed by atoms with Crippen molar-refractivity contribution in [1.82, 2.24) is 4.90 Å². The highest BCUT2D eigenvalue weighted by Gasteiger charge is 2.28. The molecule has 1 fully saturated rings. The van der Waals surface area contributed by atoms with Crippen molar-refractivity contribution in [3.8, 4) is 5.75 Å². The van der Waals surface area contributed by atoms with Crippen molar-refractivity contribution in [2.45, 2.75) is 32.1 Å². The zero-order valence-corrected chi connectivity index (χ0v) is 12.2. The Kier molecular flexibility index (Phi) is 5.90. The van der Waals surface area contributed by atoms with Gasteiger partial charge in [-0.25, -0.2) is 0 Å². The molecule has 6 heteroatoms. The summed E-state index contributed by atoms with van der Waals surface area (Å²) in [6.45, 7) is 1.70. The molecule has 1 heterocycles. The molecule has 1 aromatic rings. The number of benzene rings is 1. The van der Waals surface area contributed by atoms with E-state index in [0.717, 1.165) is 19.5 Å². The van der Waals surface area contributed by atoms with Gasteiger partial charge in [-0.1, -0.05) is 25.1 Å². The highest BCUT2D eigenvalue weighted by molar-refractivity contribution is 5.36. The lowest BCUT2D eigenvalue weighted by Crippen LogP contribution is -2.46. The topological polar surface area (TPSA) is 47.7 Å². The molecule has 0 saturated carbocycles. The van der Waals surface area contributed by atoms with Crippen molar-refractivity contribution < 1.29 is 18.3 Å². The molecule has 2 atom stereocenters. The van der Waals surface area contributed by atoms with Crippen molar-refractivity contribution in [2.24, 2.45) is 5.73 Å². The van der Waals surface area contributed by atoms with E-state index in [9.17, 15) is 8.78 Å². The van der Waals surface area contributed by atoms with E-state index in [-0.39, 0.29) is 17.9 Å². The quantitative estimate of drug-likeness (QED) is 0.876. The highest BCUT2D eigenvalue weighted by atomic mass is 19.3. The van der Waals surface area contributed by atoms with Crippen LogP contribution in [0.15, 0.2) is 24.3 Å². The average molecular weight is 300 g/mol. The van der Waals surface area contributed by atoms with Gasteiger partial charge in [-0.2, -0.15) is 8.78 Å². The monoisotopic (exact) mass is 300 g/mol. The first-order chi connectivity index (χ1) is 10.2. The van der Waals surface area contributed by atoms with Gasteiger partial charge in [0.05, 0.1) is 18.8 Å². The zero-order chi connectivity index (χ0) is 15.2. The van der Waals surface area contributed by atoms with Crippen LogP contribution in [-0.2, 0) is 4.74 Å². The van der Waals surface area contributed by atoms with Crippen LogP contribution in [0.5, 0.6) is 5.75 Å². The number of hydrogen-bond donors (Lipinski definition) is 1. The molecule has 0 spiro atoms. The molecular formula is C15H22F2N2O2. The third-order valence-corrected chi connectivity index (χ3v) is 3.78. The molecule has 2 unspecified atom stereocenters. The lowest BCUT2D eigenvalue weighted by atomic mass is 10.0. The Hall–Kier alpha value is -1.24. The Morgan fingerprint density at radius 2 is 2.19 bits per heavy atom. The Morgan fingerprint density at radius 1 is 1.43 bits per heavy atom. The molecule has 2 N–H and O–H groups in total. The van der Waals surface area contributed by atoms with Gasteiger partial charge in [0.25, 0.3) is 0 Å². The molecule has 21 heavy (non-hydrogen) atoms. The maximum absolute atomic E-state index is 12.5. The van der Waals surface area contributed by atoms with Crippen molar-refractivity contribution in [1.29, 1.82) is 0 Å². The summed E-state index contributed by atoms with van der Waals surface area (Å²) in [4.78, 5) is 2.19. The Bertz CT molecular complexity index is 445. The molecule has 0 aromatic heterocycles. The minimum Gasteiger partial charge on any atom is -0.434 e. The van der Waals surface area contributed by atoms with Crippen LogP contribution in [0.2, 0.25) is 0 Å². The van der Waals surface area contributed by atoms with E-state index in [4.69, 9.17) is 10.5 Å². The van der Waals surface area contributed by atoms with E-state index >= 15 is 0 Å². The predicted octanol–water partition coefficient (Wildman–Crippen LogP) is 2.40. The second-order valence-electron chi connectivity index (χ2n) is 5.06. The van der Waals surface area contributed by atoms with Crippen LogP contribution in [0.4, 0.5) is 8.78 Å². The lowest BCUT2D eigenvalue weighted by Gasteiger charge is -2.38. The summed E-state index contributed by atoms with van der Waals surface area (Å²) in [6.07, 6.45) is 1.08. The second-order valence-corrected chi connectivity index (χ2v) is 5.06. The first-order valence-electron chi connectivity index (χ1n) is 7.25. The number of rotatable bonds is 6. The maximum atomic E-state index is 12.5. The summed E-state index contributed by atoms with van der Waals surface area (Å²) in [5.41, 5.74) is 6.60. The van der Waals surface area contributed by atoms with Gasteiger partial charge in [0.15, 0.2) is 0 Å². The molecule has 0 radical (unpaired) electrons. The summed E-state index contributed by atoms with van der Waals surface area (Å²) >= 11 is 0. The smallest absolute Gasteiger partial charge is 0.387 e. The predicted molar refractivity (Wildman–Crippen MR) is 76.5 cm³/mol. The summed E-state index contributed by atoms with van der Waals surface area (Å²) in [5.74, 6) is 0.197. The van der Waals surface area contributed by atoms with Gasteiger partial charge in [0.2, 0.25) is 0 Å². The van der Waals surface area contributed by atoms with Crippen molar-refractivity contribution in [3.63, 3.8) is 0 Å². The van der Waals surface area contributed by atoms with Crippen molar-refractivity contribution >= 4 is 0 Å².